The maximum atomic E-state index is 11.3. The van der Waals surface area contributed by atoms with Crippen molar-refractivity contribution in [3.63, 3.8) is 0 Å². The molecule has 2 rings (SSSR count). The Balaban J connectivity index is 2.03. The predicted molar refractivity (Wildman–Crippen MR) is 79.2 cm³/mol. The third kappa shape index (κ3) is 4.58. The van der Waals surface area contributed by atoms with Gasteiger partial charge in [-0.2, -0.15) is 0 Å². The maximum absolute atomic E-state index is 11.3. The molecule has 3 heteroatoms. The number of hydrogen-bond acceptors (Lipinski definition) is 3. The maximum Gasteiger partial charge on any atom is 0.163 e. The van der Waals surface area contributed by atoms with Crippen molar-refractivity contribution in [3.05, 3.63) is 42.0 Å². The van der Waals surface area contributed by atoms with Crippen LogP contribution in [0.15, 0.2) is 36.4 Å². The van der Waals surface area contributed by atoms with Gasteiger partial charge in [0, 0.05) is 12.8 Å². The topological polar surface area (TPSA) is 35.5 Å². The van der Waals surface area contributed by atoms with E-state index in [2.05, 4.69) is 6.08 Å². The average molecular weight is 274 g/mol. The van der Waals surface area contributed by atoms with Gasteiger partial charge in [-0.1, -0.05) is 42.5 Å². The molecule has 1 aliphatic heterocycles. The van der Waals surface area contributed by atoms with Gasteiger partial charge in [0.15, 0.2) is 5.79 Å². The van der Waals surface area contributed by atoms with Gasteiger partial charge >= 0.3 is 0 Å². The molecule has 0 aliphatic carbocycles. The third-order valence-corrected chi connectivity index (χ3v) is 3.20. The van der Waals surface area contributed by atoms with Crippen molar-refractivity contribution in [1.29, 1.82) is 0 Å². The highest BCUT2D eigenvalue weighted by Crippen LogP contribution is 2.29. The second-order valence-corrected chi connectivity index (χ2v) is 5.71. The molecule has 0 bridgehead atoms. The Bertz CT molecular complexity index is 476. The van der Waals surface area contributed by atoms with E-state index >= 15 is 0 Å². The van der Waals surface area contributed by atoms with Crippen molar-refractivity contribution in [2.24, 2.45) is 0 Å². The monoisotopic (exact) mass is 274 g/mol. The quantitative estimate of drug-likeness (QED) is 0.841. The molecule has 108 valence electrons. The SMILES string of the molecule is CC(=O)C[C@@H]1C[C@H](/C=C/c2ccccc2)OC(C)(C)O1. The van der Waals surface area contributed by atoms with Gasteiger partial charge in [-0.15, -0.1) is 0 Å². The molecule has 1 heterocycles. The zero-order chi connectivity index (χ0) is 14.6. The minimum absolute atomic E-state index is 0.0247. The van der Waals surface area contributed by atoms with Crippen LogP contribution in [0.2, 0.25) is 0 Å². The van der Waals surface area contributed by atoms with E-state index in [1.807, 2.05) is 50.3 Å². The summed E-state index contributed by atoms with van der Waals surface area (Å²) in [5, 5.41) is 0. The third-order valence-electron chi connectivity index (χ3n) is 3.20. The lowest BCUT2D eigenvalue weighted by Crippen LogP contribution is -2.44. The van der Waals surface area contributed by atoms with Crippen LogP contribution in [0.1, 0.15) is 39.2 Å². The number of rotatable bonds is 4. The highest BCUT2D eigenvalue weighted by atomic mass is 16.7. The van der Waals surface area contributed by atoms with Crippen LogP contribution >= 0.6 is 0 Å². The van der Waals surface area contributed by atoms with Crippen molar-refractivity contribution >= 4 is 11.9 Å². The lowest BCUT2D eigenvalue weighted by molar-refractivity contribution is -0.289. The van der Waals surface area contributed by atoms with Crippen LogP contribution in [0, 0.1) is 0 Å². The molecule has 3 nitrogen and oxygen atoms in total. The van der Waals surface area contributed by atoms with Gasteiger partial charge in [0.05, 0.1) is 12.2 Å². The number of ether oxygens (including phenoxy) is 2. The van der Waals surface area contributed by atoms with Gasteiger partial charge in [-0.3, -0.25) is 4.79 Å². The Morgan fingerprint density at radius 3 is 2.65 bits per heavy atom. The molecule has 0 saturated carbocycles. The van der Waals surface area contributed by atoms with Crippen LogP contribution in [0.3, 0.4) is 0 Å². The molecular formula is C17H22O3. The Morgan fingerprint density at radius 1 is 1.30 bits per heavy atom. The van der Waals surface area contributed by atoms with Gasteiger partial charge in [-0.25, -0.2) is 0 Å². The molecule has 0 amide bonds. The molecule has 1 aromatic rings. The van der Waals surface area contributed by atoms with Crippen LogP contribution in [0.5, 0.6) is 0 Å². The summed E-state index contributed by atoms with van der Waals surface area (Å²) < 4.78 is 11.7. The van der Waals surface area contributed by atoms with E-state index in [-0.39, 0.29) is 18.0 Å². The summed E-state index contributed by atoms with van der Waals surface area (Å²) >= 11 is 0. The fourth-order valence-electron chi connectivity index (χ4n) is 2.50. The highest BCUT2D eigenvalue weighted by molar-refractivity contribution is 5.76. The summed E-state index contributed by atoms with van der Waals surface area (Å²) in [5.41, 5.74) is 1.14. The van der Waals surface area contributed by atoms with E-state index < -0.39 is 5.79 Å². The van der Waals surface area contributed by atoms with E-state index in [0.717, 1.165) is 5.56 Å². The fourth-order valence-corrected chi connectivity index (χ4v) is 2.50. The lowest BCUT2D eigenvalue weighted by Gasteiger charge is -2.39. The van der Waals surface area contributed by atoms with Crippen molar-refractivity contribution in [1.82, 2.24) is 0 Å². The zero-order valence-electron chi connectivity index (χ0n) is 12.3. The Hall–Kier alpha value is -1.45. The molecule has 20 heavy (non-hydrogen) atoms. The minimum Gasteiger partial charge on any atom is -0.347 e. The summed E-state index contributed by atoms with van der Waals surface area (Å²) in [6.45, 7) is 5.38. The first-order chi connectivity index (χ1) is 9.44. The number of carbonyl (C=O) groups excluding carboxylic acids is 1. The number of Topliss-reactive ketones (excluding diaryl/α,β-unsaturated/α-hetero) is 1. The summed E-state index contributed by atoms with van der Waals surface area (Å²) in [6.07, 6.45) is 5.17. The van der Waals surface area contributed by atoms with Crippen molar-refractivity contribution in [3.8, 4) is 0 Å². The molecule has 0 unspecified atom stereocenters. The van der Waals surface area contributed by atoms with Gasteiger partial charge in [0.25, 0.3) is 0 Å². The zero-order valence-corrected chi connectivity index (χ0v) is 12.3. The molecule has 1 fully saturated rings. The summed E-state index contributed by atoms with van der Waals surface area (Å²) in [6, 6.07) is 10.1. The molecule has 0 radical (unpaired) electrons. The first-order valence-electron chi connectivity index (χ1n) is 7.03. The standard InChI is InChI=1S/C17H22O3/c1-13(18)11-16-12-15(19-17(2,3)20-16)10-9-14-7-5-4-6-8-14/h4-10,15-16H,11-12H2,1-3H3/b10-9+/t15-,16+/m0/s1. The van der Waals surface area contributed by atoms with Crippen LogP contribution in [-0.2, 0) is 14.3 Å². The first-order valence-corrected chi connectivity index (χ1v) is 7.03. The minimum atomic E-state index is -0.649. The van der Waals surface area contributed by atoms with E-state index in [9.17, 15) is 4.79 Å². The number of ketones is 1. The van der Waals surface area contributed by atoms with Crippen LogP contribution in [0.4, 0.5) is 0 Å². The van der Waals surface area contributed by atoms with E-state index in [1.54, 1.807) is 6.92 Å². The molecule has 0 aromatic heterocycles. The number of carbonyl (C=O) groups is 1. The molecular weight excluding hydrogens is 252 g/mol. The number of benzene rings is 1. The first kappa shape index (κ1) is 14.9. The van der Waals surface area contributed by atoms with Crippen LogP contribution < -0.4 is 0 Å². The van der Waals surface area contributed by atoms with Crippen LogP contribution in [-0.4, -0.2) is 23.8 Å². The second kappa shape index (κ2) is 6.33. The molecule has 0 N–H and O–H groups in total. The normalized spacial score (nSPS) is 25.8. The average Bonchev–Trinajstić information content (AvgIpc) is 2.35. The predicted octanol–water partition coefficient (Wildman–Crippen LogP) is 3.59. The summed E-state index contributed by atoms with van der Waals surface area (Å²) in [5.74, 6) is -0.497. The second-order valence-electron chi connectivity index (χ2n) is 5.71. The van der Waals surface area contributed by atoms with Gasteiger partial charge < -0.3 is 9.47 Å². The largest absolute Gasteiger partial charge is 0.347 e. The number of hydrogen-bond donors (Lipinski definition) is 0. The smallest absolute Gasteiger partial charge is 0.163 e. The van der Waals surface area contributed by atoms with Gasteiger partial charge in [-0.05, 0) is 26.3 Å². The Kier molecular flexibility index (Phi) is 4.73. The highest BCUT2D eigenvalue weighted by Gasteiger charge is 2.34. The van der Waals surface area contributed by atoms with E-state index in [1.165, 1.54) is 0 Å². The Labute approximate surface area is 120 Å². The molecule has 2 atom stereocenters. The summed E-state index contributed by atoms with van der Waals surface area (Å²) in [7, 11) is 0. The van der Waals surface area contributed by atoms with E-state index in [4.69, 9.17) is 9.47 Å². The van der Waals surface area contributed by atoms with Crippen LogP contribution in [0.25, 0.3) is 6.08 Å². The Morgan fingerprint density at radius 2 is 2.00 bits per heavy atom. The van der Waals surface area contributed by atoms with E-state index in [0.29, 0.717) is 12.8 Å². The van der Waals surface area contributed by atoms with Crippen molar-refractivity contribution in [2.75, 3.05) is 0 Å². The van der Waals surface area contributed by atoms with Crippen molar-refractivity contribution in [2.45, 2.75) is 51.6 Å². The summed E-state index contributed by atoms with van der Waals surface area (Å²) in [4.78, 5) is 11.3. The molecule has 1 aromatic carbocycles. The lowest BCUT2D eigenvalue weighted by atomic mass is 10.0. The van der Waals surface area contributed by atoms with Gasteiger partial charge in [0.2, 0.25) is 0 Å². The van der Waals surface area contributed by atoms with Crippen molar-refractivity contribution < 1.29 is 14.3 Å². The molecule has 1 saturated heterocycles. The van der Waals surface area contributed by atoms with Gasteiger partial charge in [0.1, 0.15) is 5.78 Å². The molecule has 1 aliphatic rings. The fraction of sp³-hybridized carbons (Fsp3) is 0.471. The molecule has 0 spiro atoms.